The number of methoxy groups -OCH3 is 1. The minimum Gasteiger partial charge on any atom is -0.497 e. The Hall–Kier alpha value is -1.06. The summed E-state index contributed by atoms with van der Waals surface area (Å²) < 4.78 is 11.0. The van der Waals surface area contributed by atoms with Crippen molar-refractivity contribution in [1.29, 1.82) is 0 Å². The van der Waals surface area contributed by atoms with Crippen molar-refractivity contribution >= 4 is 0 Å². The van der Waals surface area contributed by atoms with Gasteiger partial charge in [-0.15, -0.1) is 0 Å². The molecule has 110 valence electrons. The second-order valence-electron chi connectivity index (χ2n) is 6.08. The molecule has 1 aliphatic carbocycles. The third-order valence-corrected chi connectivity index (χ3v) is 4.59. The number of benzene rings is 1. The Kier molecular flexibility index (Phi) is 4.27. The second kappa shape index (κ2) is 6.15. The zero-order valence-corrected chi connectivity index (χ0v) is 12.5. The lowest BCUT2D eigenvalue weighted by Gasteiger charge is -2.34. The molecule has 3 nitrogen and oxygen atoms in total. The summed E-state index contributed by atoms with van der Waals surface area (Å²) in [6, 6.07) is 7.63. The van der Waals surface area contributed by atoms with Gasteiger partial charge in [0.05, 0.1) is 13.2 Å². The Labute approximate surface area is 121 Å². The summed E-state index contributed by atoms with van der Waals surface area (Å²) in [5.41, 5.74) is 2.92. The molecule has 3 heteroatoms. The van der Waals surface area contributed by atoms with Crippen molar-refractivity contribution < 1.29 is 9.47 Å². The van der Waals surface area contributed by atoms with Crippen molar-refractivity contribution in [3.63, 3.8) is 0 Å². The average Bonchev–Trinajstić information content (AvgIpc) is 2.47. The van der Waals surface area contributed by atoms with E-state index in [9.17, 15) is 0 Å². The first kappa shape index (κ1) is 13.9. The quantitative estimate of drug-likeness (QED) is 0.918. The van der Waals surface area contributed by atoms with E-state index >= 15 is 0 Å². The van der Waals surface area contributed by atoms with Crippen LogP contribution < -0.4 is 10.1 Å². The molecule has 1 fully saturated rings. The number of rotatable bonds is 3. The van der Waals surface area contributed by atoms with Gasteiger partial charge in [0, 0.05) is 18.7 Å². The Balaban J connectivity index is 1.72. The molecule has 1 aromatic carbocycles. The number of hydrogen-bond acceptors (Lipinski definition) is 3. The summed E-state index contributed by atoms with van der Waals surface area (Å²) in [6.07, 6.45) is 6.32. The van der Waals surface area contributed by atoms with Crippen LogP contribution in [0, 0.1) is 0 Å². The lowest BCUT2D eigenvalue weighted by atomic mass is 9.86. The number of hydrogen-bond donors (Lipinski definition) is 1. The molecule has 1 aliphatic heterocycles. The van der Waals surface area contributed by atoms with Crippen molar-refractivity contribution in [1.82, 2.24) is 5.32 Å². The molecule has 0 saturated carbocycles. The van der Waals surface area contributed by atoms with Crippen LogP contribution >= 0.6 is 0 Å². The van der Waals surface area contributed by atoms with Crippen LogP contribution in [0.5, 0.6) is 5.75 Å². The van der Waals surface area contributed by atoms with Gasteiger partial charge in [0.25, 0.3) is 0 Å². The molecule has 1 aromatic rings. The van der Waals surface area contributed by atoms with Crippen molar-refractivity contribution in [2.45, 2.75) is 57.2 Å². The van der Waals surface area contributed by atoms with E-state index in [-0.39, 0.29) is 0 Å². The van der Waals surface area contributed by atoms with Crippen LogP contribution in [0.3, 0.4) is 0 Å². The van der Waals surface area contributed by atoms with E-state index < -0.39 is 0 Å². The van der Waals surface area contributed by atoms with E-state index in [1.807, 2.05) is 0 Å². The Morgan fingerprint density at radius 2 is 2.20 bits per heavy atom. The zero-order chi connectivity index (χ0) is 13.9. The maximum absolute atomic E-state index is 5.64. The minimum atomic E-state index is 0.389. The van der Waals surface area contributed by atoms with Crippen molar-refractivity contribution in [2.75, 3.05) is 13.7 Å². The number of fused-ring (bicyclic) bond motifs is 1. The monoisotopic (exact) mass is 275 g/mol. The van der Waals surface area contributed by atoms with E-state index in [1.165, 1.54) is 30.4 Å². The van der Waals surface area contributed by atoms with Crippen LogP contribution in [0.4, 0.5) is 0 Å². The van der Waals surface area contributed by atoms with Gasteiger partial charge in [0.1, 0.15) is 5.75 Å². The minimum absolute atomic E-state index is 0.389. The largest absolute Gasteiger partial charge is 0.497 e. The molecule has 0 amide bonds. The molecule has 1 saturated heterocycles. The topological polar surface area (TPSA) is 30.5 Å². The molecule has 0 radical (unpaired) electrons. The molecule has 0 aromatic heterocycles. The van der Waals surface area contributed by atoms with E-state index in [4.69, 9.17) is 9.47 Å². The maximum Gasteiger partial charge on any atom is 0.119 e. The normalized spacial score (nSPS) is 29.8. The van der Waals surface area contributed by atoms with E-state index in [2.05, 4.69) is 30.4 Å². The average molecular weight is 275 g/mol. The van der Waals surface area contributed by atoms with Gasteiger partial charge in [0.15, 0.2) is 0 Å². The van der Waals surface area contributed by atoms with Crippen LogP contribution in [0.25, 0.3) is 0 Å². The Morgan fingerprint density at radius 1 is 1.30 bits per heavy atom. The fraction of sp³-hybridized carbons (Fsp3) is 0.647. The second-order valence-corrected chi connectivity index (χ2v) is 6.08. The Morgan fingerprint density at radius 3 is 3.00 bits per heavy atom. The highest BCUT2D eigenvalue weighted by molar-refractivity contribution is 5.39. The van der Waals surface area contributed by atoms with Crippen LogP contribution in [0.15, 0.2) is 18.2 Å². The Bertz CT molecular complexity index is 460. The summed E-state index contributed by atoms with van der Waals surface area (Å²) in [6.45, 7) is 3.06. The third kappa shape index (κ3) is 2.99. The number of aryl methyl sites for hydroxylation is 1. The molecule has 3 atom stereocenters. The fourth-order valence-electron chi connectivity index (χ4n) is 3.52. The third-order valence-electron chi connectivity index (χ3n) is 4.59. The standard InChI is InChI=1S/C17H25NO2/c1-12-10-14(8-9-20-12)18-17-5-3-4-13-11-15(19-2)6-7-16(13)17/h6-7,11-12,14,17-18H,3-5,8-10H2,1-2H3. The molecule has 1 N–H and O–H groups in total. The van der Waals surface area contributed by atoms with Gasteiger partial charge in [0.2, 0.25) is 0 Å². The highest BCUT2D eigenvalue weighted by atomic mass is 16.5. The van der Waals surface area contributed by atoms with Crippen LogP contribution in [0.2, 0.25) is 0 Å². The van der Waals surface area contributed by atoms with Crippen molar-refractivity contribution in [3.8, 4) is 5.75 Å². The lowest BCUT2D eigenvalue weighted by Crippen LogP contribution is -2.40. The molecule has 0 bridgehead atoms. The van der Waals surface area contributed by atoms with Crippen LogP contribution in [-0.4, -0.2) is 25.9 Å². The molecule has 2 aliphatic rings. The SMILES string of the molecule is COc1ccc2c(c1)CCCC2NC1CCOC(C)C1. The van der Waals surface area contributed by atoms with Gasteiger partial charge in [-0.1, -0.05) is 6.07 Å². The zero-order valence-electron chi connectivity index (χ0n) is 12.5. The van der Waals surface area contributed by atoms with Crippen LogP contribution in [-0.2, 0) is 11.2 Å². The highest BCUT2D eigenvalue weighted by Gasteiger charge is 2.26. The van der Waals surface area contributed by atoms with E-state index in [0.29, 0.717) is 18.2 Å². The van der Waals surface area contributed by atoms with E-state index in [0.717, 1.165) is 25.2 Å². The fourth-order valence-corrected chi connectivity index (χ4v) is 3.52. The van der Waals surface area contributed by atoms with E-state index in [1.54, 1.807) is 7.11 Å². The first-order chi connectivity index (χ1) is 9.76. The summed E-state index contributed by atoms with van der Waals surface area (Å²) >= 11 is 0. The van der Waals surface area contributed by atoms with Crippen LogP contribution in [0.1, 0.15) is 49.8 Å². The van der Waals surface area contributed by atoms with Crippen molar-refractivity contribution in [2.24, 2.45) is 0 Å². The first-order valence-electron chi connectivity index (χ1n) is 7.80. The van der Waals surface area contributed by atoms with Gasteiger partial charge in [-0.05, 0) is 62.3 Å². The van der Waals surface area contributed by atoms with Gasteiger partial charge in [-0.2, -0.15) is 0 Å². The maximum atomic E-state index is 5.64. The first-order valence-corrected chi connectivity index (χ1v) is 7.80. The van der Waals surface area contributed by atoms with Gasteiger partial charge < -0.3 is 14.8 Å². The highest BCUT2D eigenvalue weighted by Crippen LogP contribution is 2.33. The summed E-state index contributed by atoms with van der Waals surface area (Å²) in [4.78, 5) is 0. The molecular weight excluding hydrogens is 250 g/mol. The summed E-state index contributed by atoms with van der Waals surface area (Å²) in [5, 5.41) is 3.86. The molecular formula is C17H25NO2. The van der Waals surface area contributed by atoms with Gasteiger partial charge >= 0.3 is 0 Å². The molecule has 20 heavy (non-hydrogen) atoms. The molecule has 3 rings (SSSR count). The predicted octanol–water partition coefficient (Wildman–Crippen LogP) is 3.23. The van der Waals surface area contributed by atoms with Crippen molar-refractivity contribution in [3.05, 3.63) is 29.3 Å². The smallest absolute Gasteiger partial charge is 0.119 e. The van der Waals surface area contributed by atoms with Gasteiger partial charge in [-0.3, -0.25) is 0 Å². The molecule has 0 spiro atoms. The predicted molar refractivity (Wildman–Crippen MR) is 80.2 cm³/mol. The lowest BCUT2D eigenvalue weighted by molar-refractivity contribution is 0.0108. The summed E-state index contributed by atoms with van der Waals surface area (Å²) in [7, 11) is 1.74. The number of ether oxygens (including phenoxy) is 2. The molecule has 1 heterocycles. The number of nitrogens with one attached hydrogen (secondary N) is 1. The molecule has 3 unspecified atom stereocenters. The van der Waals surface area contributed by atoms with Gasteiger partial charge in [-0.25, -0.2) is 0 Å². The summed E-state index contributed by atoms with van der Waals surface area (Å²) in [5.74, 6) is 0.976.